The summed E-state index contributed by atoms with van der Waals surface area (Å²) in [6.07, 6.45) is 3.11. The van der Waals surface area contributed by atoms with Gasteiger partial charge in [-0.05, 0) is 19.2 Å². The van der Waals surface area contributed by atoms with Crippen LogP contribution in [0.15, 0.2) is 11.2 Å². The lowest BCUT2D eigenvalue weighted by atomic mass is 10.4. The van der Waals surface area contributed by atoms with Crippen LogP contribution in [0, 0.1) is 0 Å². The standard InChI is InChI=1S/C11H18N4OS/c1-16-10-8-9(13-11(14-10)17-2)15-6-3-4-12-5-7-15/h8,12H,3-7H2,1-2H3. The quantitative estimate of drug-likeness (QED) is 0.642. The number of anilines is 1. The maximum Gasteiger partial charge on any atom is 0.219 e. The maximum absolute atomic E-state index is 5.21. The van der Waals surface area contributed by atoms with Gasteiger partial charge in [0.05, 0.1) is 7.11 Å². The molecule has 0 atom stereocenters. The van der Waals surface area contributed by atoms with Gasteiger partial charge in [0.1, 0.15) is 5.82 Å². The molecular formula is C11H18N4OS. The summed E-state index contributed by atoms with van der Waals surface area (Å²) in [6.45, 7) is 4.09. The van der Waals surface area contributed by atoms with Crippen molar-refractivity contribution in [2.75, 3.05) is 44.4 Å². The molecule has 0 bridgehead atoms. The Morgan fingerprint density at radius 2 is 2.24 bits per heavy atom. The molecule has 1 aromatic rings. The molecule has 2 rings (SSSR count). The van der Waals surface area contributed by atoms with E-state index in [1.54, 1.807) is 7.11 Å². The van der Waals surface area contributed by atoms with E-state index in [0.717, 1.165) is 43.6 Å². The molecule has 0 amide bonds. The number of rotatable bonds is 3. The van der Waals surface area contributed by atoms with Crippen LogP contribution in [0.1, 0.15) is 6.42 Å². The number of ether oxygens (including phenoxy) is 1. The molecule has 1 aliphatic heterocycles. The van der Waals surface area contributed by atoms with Crippen LogP contribution in [-0.4, -0.2) is 49.5 Å². The number of nitrogens with one attached hydrogen (secondary N) is 1. The molecule has 1 fully saturated rings. The highest BCUT2D eigenvalue weighted by Gasteiger charge is 2.13. The Morgan fingerprint density at radius 3 is 3.00 bits per heavy atom. The smallest absolute Gasteiger partial charge is 0.219 e. The van der Waals surface area contributed by atoms with E-state index < -0.39 is 0 Å². The minimum Gasteiger partial charge on any atom is -0.481 e. The van der Waals surface area contributed by atoms with Gasteiger partial charge in [0.2, 0.25) is 5.88 Å². The van der Waals surface area contributed by atoms with Crippen LogP contribution >= 0.6 is 11.8 Å². The van der Waals surface area contributed by atoms with Crippen molar-refractivity contribution in [3.63, 3.8) is 0 Å². The molecule has 17 heavy (non-hydrogen) atoms. The van der Waals surface area contributed by atoms with Crippen molar-refractivity contribution in [1.82, 2.24) is 15.3 Å². The van der Waals surface area contributed by atoms with Crippen LogP contribution in [0.5, 0.6) is 5.88 Å². The second kappa shape index (κ2) is 6.07. The Kier molecular flexibility index (Phi) is 4.44. The van der Waals surface area contributed by atoms with E-state index in [1.165, 1.54) is 11.8 Å². The van der Waals surface area contributed by atoms with E-state index in [1.807, 2.05) is 12.3 Å². The first kappa shape index (κ1) is 12.4. The minimum atomic E-state index is 0.636. The summed E-state index contributed by atoms with van der Waals surface area (Å²) in [7, 11) is 1.64. The van der Waals surface area contributed by atoms with Crippen LogP contribution in [0.4, 0.5) is 5.82 Å². The van der Waals surface area contributed by atoms with Crippen molar-refractivity contribution in [3.8, 4) is 5.88 Å². The molecule has 1 saturated heterocycles. The molecule has 2 heterocycles. The lowest BCUT2D eigenvalue weighted by Gasteiger charge is -2.21. The zero-order chi connectivity index (χ0) is 12.1. The Hall–Kier alpha value is -1.01. The van der Waals surface area contributed by atoms with Crippen molar-refractivity contribution in [2.45, 2.75) is 11.6 Å². The highest BCUT2D eigenvalue weighted by molar-refractivity contribution is 7.98. The largest absolute Gasteiger partial charge is 0.481 e. The van der Waals surface area contributed by atoms with Crippen LogP contribution in [0.2, 0.25) is 0 Å². The molecule has 0 saturated carbocycles. The van der Waals surface area contributed by atoms with Gasteiger partial charge in [-0.25, -0.2) is 4.98 Å². The first-order chi connectivity index (χ1) is 8.33. The molecule has 1 N–H and O–H groups in total. The maximum atomic E-state index is 5.21. The predicted octanol–water partition coefficient (Wildman–Crippen LogP) is 1.01. The molecule has 94 valence electrons. The van der Waals surface area contributed by atoms with Crippen LogP contribution in [0.3, 0.4) is 0 Å². The zero-order valence-corrected chi connectivity index (χ0v) is 11.1. The minimum absolute atomic E-state index is 0.636. The topological polar surface area (TPSA) is 50.3 Å². The van der Waals surface area contributed by atoms with Gasteiger partial charge in [0.25, 0.3) is 0 Å². The molecule has 1 aromatic heterocycles. The van der Waals surface area contributed by atoms with Gasteiger partial charge in [-0.1, -0.05) is 11.8 Å². The van der Waals surface area contributed by atoms with E-state index >= 15 is 0 Å². The number of nitrogens with zero attached hydrogens (tertiary/aromatic N) is 3. The van der Waals surface area contributed by atoms with Crippen molar-refractivity contribution in [1.29, 1.82) is 0 Å². The van der Waals surface area contributed by atoms with Gasteiger partial charge < -0.3 is 15.0 Å². The Balaban J connectivity index is 2.22. The Bertz CT molecular complexity index is 344. The monoisotopic (exact) mass is 254 g/mol. The number of hydrogen-bond donors (Lipinski definition) is 1. The summed E-state index contributed by atoms with van der Waals surface area (Å²) >= 11 is 1.54. The normalized spacial score (nSPS) is 16.7. The van der Waals surface area contributed by atoms with Gasteiger partial charge in [-0.3, -0.25) is 0 Å². The first-order valence-corrected chi connectivity index (χ1v) is 6.98. The molecule has 0 spiro atoms. The van der Waals surface area contributed by atoms with Gasteiger partial charge in [0.15, 0.2) is 5.16 Å². The number of methoxy groups -OCH3 is 1. The average molecular weight is 254 g/mol. The molecule has 6 heteroatoms. The average Bonchev–Trinajstić information content (AvgIpc) is 2.67. The summed E-state index contributed by atoms with van der Waals surface area (Å²) < 4.78 is 5.21. The zero-order valence-electron chi connectivity index (χ0n) is 10.3. The Morgan fingerprint density at radius 1 is 1.35 bits per heavy atom. The van der Waals surface area contributed by atoms with Gasteiger partial charge in [-0.2, -0.15) is 4.98 Å². The predicted molar refractivity (Wildman–Crippen MR) is 70.1 cm³/mol. The summed E-state index contributed by atoms with van der Waals surface area (Å²) in [4.78, 5) is 11.1. The van der Waals surface area contributed by atoms with Gasteiger partial charge in [-0.15, -0.1) is 0 Å². The highest BCUT2D eigenvalue weighted by Crippen LogP contribution is 2.21. The van der Waals surface area contributed by atoms with Gasteiger partial charge >= 0.3 is 0 Å². The lowest BCUT2D eigenvalue weighted by Crippen LogP contribution is -2.28. The van der Waals surface area contributed by atoms with E-state index in [4.69, 9.17) is 4.74 Å². The number of thioether (sulfide) groups is 1. The third-order valence-corrected chi connectivity index (χ3v) is 3.27. The molecule has 0 unspecified atom stereocenters. The van der Waals surface area contributed by atoms with Crippen LogP contribution in [-0.2, 0) is 0 Å². The van der Waals surface area contributed by atoms with Crippen molar-refractivity contribution in [3.05, 3.63) is 6.07 Å². The van der Waals surface area contributed by atoms with E-state index in [0.29, 0.717) is 5.88 Å². The third kappa shape index (κ3) is 3.23. The van der Waals surface area contributed by atoms with E-state index in [2.05, 4.69) is 20.2 Å². The molecule has 0 aliphatic carbocycles. The first-order valence-electron chi connectivity index (χ1n) is 5.76. The van der Waals surface area contributed by atoms with E-state index in [9.17, 15) is 0 Å². The lowest BCUT2D eigenvalue weighted by molar-refractivity contribution is 0.392. The second-order valence-corrected chi connectivity index (χ2v) is 4.62. The van der Waals surface area contributed by atoms with Gasteiger partial charge in [0, 0.05) is 25.7 Å². The molecule has 0 radical (unpaired) electrons. The fourth-order valence-electron chi connectivity index (χ4n) is 1.82. The fourth-order valence-corrected chi connectivity index (χ4v) is 2.19. The fraction of sp³-hybridized carbons (Fsp3) is 0.636. The number of hydrogen-bond acceptors (Lipinski definition) is 6. The third-order valence-electron chi connectivity index (χ3n) is 2.72. The molecule has 0 aromatic carbocycles. The van der Waals surface area contributed by atoms with Crippen molar-refractivity contribution >= 4 is 17.6 Å². The summed E-state index contributed by atoms with van der Waals surface area (Å²) in [5.41, 5.74) is 0. The summed E-state index contributed by atoms with van der Waals surface area (Å²) in [5, 5.41) is 4.14. The van der Waals surface area contributed by atoms with Crippen LogP contribution in [0.25, 0.3) is 0 Å². The molecule has 5 nitrogen and oxygen atoms in total. The molecular weight excluding hydrogens is 236 g/mol. The molecule has 1 aliphatic rings. The van der Waals surface area contributed by atoms with Crippen molar-refractivity contribution < 1.29 is 4.74 Å². The summed E-state index contributed by atoms with van der Waals surface area (Å²) in [5.74, 6) is 1.60. The van der Waals surface area contributed by atoms with Crippen molar-refractivity contribution in [2.24, 2.45) is 0 Å². The summed E-state index contributed by atoms with van der Waals surface area (Å²) in [6, 6.07) is 1.91. The highest BCUT2D eigenvalue weighted by atomic mass is 32.2. The van der Waals surface area contributed by atoms with E-state index in [-0.39, 0.29) is 0 Å². The van der Waals surface area contributed by atoms with Crippen LogP contribution < -0.4 is 15.0 Å². The number of aromatic nitrogens is 2. The SMILES string of the molecule is COc1cc(N2CCCNCC2)nc(SC)n1. The second-order valence-electron chi connectivity index (χ2n) is 3.85. The Labute approximate surface area is 106 Å².